The van der Waals surface area contributed by atoms with E-state index in [-0.39, 0.29) is 0 Å². The SMILES string of the molecule is Cc1c(Cl)ccc2cc(CCCN)c(N(C)C)nc12. The third-order valence-electron chi connectivity index (χ3n) is 3.30. The molecule has 3 nitrogen and oxygen atoms in total. The zero-order chi connectivity index (χ0) is 14.0. The summed E-state index contributed by atoms with van der Waals surface area (Å²) in [6, 6.07) is 6.17. The Morgan fingerprint density at radius 3 is 2.68 bits per heavy atom. The molecule has 2 N–H and O–H groups in total. The number of aryl methyl sites for hydroxylation is 2. The molecule has 0 aliphatic heterocycles. The number of nitrogens with two attached hydrogens (primary N) is 1. The van der Waals surface area contributed by atoms with Crippen molar-refractivity contribution in [3.05, 3.63) is 34.3 Å². The van der Waals surface area contributed by atoms with Gasteiger partial charge in [0.2, 0.25) is 0 Å². The number of anilines is 1. The molecule has 0 spiro atoms. The van der Waals surface area contributed by atoms with Crippen LogP contribution in [-0.2, 0) is 6.42 Å². The second kappa shape index (κ2) is 5.76. The molecule has 2 aromatic rings. The Labute approximate surface area is 119 Å². The summed E-state index contributed by atoms with van der Waals surface area (Å²) in [6.45, 7) is 2.71. The molecule has 0 bridgehead atoms. The Bertz CT molecular complexity index is 593. The maximum atomic E-state index is 6.17. The average molecular weight is 278 g/mol. The number of pyridine rings is 1. The highest BCUT2D eigenvalue weighted by molar-refractivity contribution is 6.32. The summed E-state index contributed by atoms with van der Waals surface area (Å²) in [5.41, 5.74) is 8.86. The molecular formula is C15H20ClN3. The number of hydrogen-bond acceptors (Lipinski definition) is 3. The fourth-order valence-corrected chi connectivity index (χ4v) is 2.41. The van der Waals surface area contributed by atoms with Crippen molar-refractivity contribution in [2.45, 2.75) is 19.8 Å². The topological polar surface area (TPSA) is 42.1 Å². The van der Waals surface area contributed by atoms with E-state index in [1.807, 2.05) is 38.1 Å². The molecule has 0 aliphatic carbocycles. The first-order valence-electron chi connectivity index (χ1n) is 6.50. The molecule has 1 aromatic carbocycles. The van der Waals surface area contributed by atoms with Crippen molar-refractivity contribution in [3.63, 3.8) is 0 Å². The Morgan fingerprint density at radius 1 is 1.32 bits per heavy atom. The second-order valence-electron chi connectivity index (χ2n) is 5.00. The summed E-state index contributed by atoms with van der Waals surface area (Å²) >= 11 is 6.17. The number of benzene rings is 1. The molecule has 0 radical (unpaired) electrons. The van der Waals surface area contributed by atoms with Crippen molar-refractivity contribution in [2.24, 2.45) is 5.73 Å². The van der Waals surface area contributed by atoms with E-state index in [0.29, 0.717) is 6.54 Å². The van der Waals surface area contributed by atoms with Crippen molar-refractivity contribution >= 4 is 28.3 Å². The summed E-state index contributed by atoms with van der Waals surface area (Å²) in [5.74, 6) is 1.01. The Balaban J connectivity index is 2.62. The van der Waals surface area contributed by atoms with Crippen LogP contribution in [0.15, 0.2) is 18.2 Å². The van der Waals surface area contributed by atoms with Crippen LogP contribution in [0.2, 0.25) is 5.02 Å². The highest BCUT2D eigenvalue weighted by atomic mass is 35.5. The monoisotopic (exact) mass is 277 g/mol. The van der Waals surface area contributed by atoms with E-state index in [2.05, 4.69) is 6.07 Å². The molecule has 0 saturated carbocycles. The summed E-state index contributed by atoms with van der Waals surface area (Å²) in [6.07, 6.45) is 1.93. The van der Waals surface area contributed by atoms with Crippen LogP contribution in [0.5, 0.6) is 0 Å². The Morgan fingerprint density at radius 2 is 2.05 bits per heavy atom. The van der Waals surface area contributed by atoms with Gasteiger partial charge >= 0.3 is 0 Å². The highest BCUT2D eigenvalue weighted by Crippen LogP contribution is 2.28. The zero-order valence-corrected chi connectivity index (χ0v) is 12.5. The number of halogens is 1. The van der Waals surface area contributed by atoms with E-state index in [1.54, 1.807) is 0 Å². The minimum atomic E-state index is 0.699. The van der Waals surface area contributed by atoms with Crippen LogP contribution in [0.3, 0.4) is 0 Å². The number of nitrogens with zero attached hydrogens (tertiary/aromatic N) is 2. The lowest BCUT2D eigenvalue weighted by atomic mass is 10.0. The van der Waals surface area contributed by atoms with Gasteiger partial charge in [0.1, 0.15) is 5.82 Å². The fourth-order valence-electron chi connectivity index (χ4n) is 2.26. The molecule has 0 saturated heterocycles. The Kier molecular flexibility index (Phi) is 4.27. The van der Waals surface area contributed by atoms with Gasteiger partial charge in [-0.15, -0.1) is 0 Å². The Hall–Kier alpha value is -1.32. The molecule has 2 rings (SSSR count). The van der Waals surface area contributed by atoms with Crippen molar-refractivity contribution in [2.75, 3.05) is 25.5 Å². The summed E-state index contributed by atoms with van der Waals surface area (Å²) < 4.78 is 0. The van der Waals surface area contributed by atoms with Gasteiger partial charge in [-0.1, -0.05) is 17.7 Å². The lowest BCUT2D eigenvalue weighted by Gasteiger charge is -2.18. The molecule has 1 aromatic heterocycles. The van der Waals surface area contributed by atoms with Gasteiger partial charge in [-0.05, 0) is 49.6 Å². The molecule has 0 atom stereocenters. The van der Waals surface area contributed by atoms with Gasteiger partial charge in [0.05, 0.1) is 5.52 Å². The number of aromatic nitrogens is 1. The molecule has 0 fully saturated rings. The minimum absolute atomic E-state index is 0.699. The maximum Gasteiger partial charge on any atom is 0.131 e. The van der Waals surface area contributed by atoms with Crippen molar-refractivity contribution in [3.8, 4) is 0 Å². The summed E-state index contributed by atoms with van der Waals surface area (Å²) in [7, 11) is 4.03. The van der Waals surface area contributed by atoms with E-state index in [1.165, 1.54) is 5.56 Å². The lowest BCUT2D eigenvalue weighted by molar-refractivity contribution is 0.826. The predicted molar refractivity (Wildman–Crippen MR) is 83.2 cm³/mol. The molecular weight excluding hydrogens is 258 g/mol. The van der Waals surface area contributed by atoms with Crippen LogP contribution in [0.1, 0.15) is 17.5 Å². The van der Waals surface area contributed by atoms with Gasteiger partial charge in [-0.3, -0.25) is 0 Å². The van der Waals surface area contributed by atoms with Crippen LogP contribution in [0.4, 0.5) is 5.82 Å². The van der Waals surface area contributed by atoms with Gasteiger partial charge < -0.3 is 10.6 Å². The van der Waals surface area contributed by atoms with Gasteiger partial charge in [0.25, 0.3) is 0 Å². The van der Waals surface area contributed by atoms with E-state index in [4.69, 9.17) is 22.3 Å². The summed E-state index contributed by atoms with van der Waals surface area (Å²) in [4.78, 5) is 6.84. The van der Waals surface area contributed by atoms with Crippen LogP contribution in [0, 0.1) is 6.92 Å². The van der Waals surface area contributed by atoms with Gasteiger partial charge in [-0.25, -0.2) is 4.98 Å². The quantitative estimate of drug-likeness (QED) is 0.933. The van der Waals surface area contributed by atoms with Gasteiger partial charge in [0, 0.05) is 24.5 Å². The average Bonchev–Trinajstić information content (AvgIpc) is 2.39. The third-order valence-corrected chi connectivity index (χ3v) is 3.71. The molecule has 1 heterocycles. The van der Waals surface area contributed by atoms with Crippen LogP contribution >= 0.6 is 11.6 Å². The fraction of sp³-hybridized carbons (Fsp3) is 0.400. The molecule has 0 amide bonds. The van der Waals surface area contributed by atoms with Crippen LogP contribution in [-0.4, -0.2) is 25.6 Å². The highest BCUT2D eigenvalue weighted by Gasteiger charge is 2.11. The van der Waals surface area contributed by atoms with Crippen molar-refractivity contribution < 1.29 is 0 Å². The lowest BCUT2D eigenvalue weighted by Crippen LogP contribution is -2.14. The van der Waals surface area contributed by atoms with E-state index in [9.17, 15) is 0 Å². The number of rotatable bonds is 4. The third kappa shape index (κ3) is 2.82. The molecule has 0 unspecified atom stereocenters. The van der Waals surface area contributed by atoms with Gasteiger partial charge in [-0.2, -0.15) is 0 Å². The first-order valence-corrected chi connectivity index (χ1v) is 6.88. The molecule has 4 heteroatoms. The first kappa shape index (κ1) is 14.1. The zero-order valence-electron chi connectivity index (χ0n) is 11.7. The number of hydrogen-bond donors (Lipinski definition) is 1. The maximum absolute atomic E-state index is 6.17. The van der Waals surface area contributed by atoms with Crippen molar-refractivity contribution in [1.82, 2.24) is 4.98 Å². The van der Waals surface area contributed by atoms with E-state index >= 15 is 0 Å². The van der Waals surface area contributed by atoms with E-state index < -0.39 is 0 Å². The molecule has 0 aliphatic rings. The standard InChI is InChI=1S/C15H20ClN3/c1-10-13(16)7-6-11-9-12(5-4-8-17)15(19(2)3)18-14(10)11/h6-7,9H,4-5,8,17H2,1-3H3. The largest absolute Gasteiger partial charge is 0.362 e. The number of fused-ring (bicyclic) bond motifs is 1. The first-order chi connectivity index (χ1) is 9.04. The normalized spacial score (nSPS) is 11.0. The second-order valence-corrected chi connectivity index (χ2v) is 5.41. The van der Waals surface area contributed by atoms with Gasteiger partial charge in [0.15, 0.2) is 0 Å². The summed E-state index contributed by atoms with van der Waals surface area (Å²) in [5, 5.41) is 1.90. The van der Waals surface area contributed by atoms with Crippen LogP contribution < -0.4 is 10.6 Å². The van der Waals surface area contributed by atoms with E-state index in [0.717, 1.165) is 40.1 Å². The molecule has 102 valence electrons. The van der Waals surface area contributed by atoms with Crippen molar-refractivity contribution in [1.29, 1.82) is 0 Å². The predicted octanol–water partition coefficient (Wildman–Crippen LogP) is 3.15. The smallest absolute Gasteiger partial charge is 0.131 e. The van der Waals surface area contributed by atoms with Crippen LogP contribution in [0.25, 0.3) is 10.9 Å². The molecule has 19 heavy (non-hydrogen) atoms. The minimum Gasteiger partial charge on any atom is -0.362 e.